The van der Waals surface area contributed by atoms with Gasteiger partial charge in [-0.05, 0) is 31.2 Å². The highest BCUT2D eigenvalue weighted by Crippen LogP contribution is 2.10. The van der Waals surface area contributed by atoms with E-state index in [1.807, 2.05) is 0 Å². The fraction of sp³-hybridized carbons (Fsp3) is 0.250. The lowest BCUT2D eigenvalue weighted by atomic mass is 10.3. The second kappa shape index (κ2) is 5.90. The van der Waals surface area contributed by atoms with Crippen molar-refractivity contribution in [3.05, 3.63) is 42.2 Å². The van der Waals surface area contributed by atoms with Gasteiger partial charge in [0, 0.05) is 5.57 Å². The van der Waals surface area contributed by atoms with E-state index in [9.17, 15) is 9.18 Å². The predicted octanol–water partition coefficient (Wildman–Crippen LogP) is 2.32. The highest BCUT2D eigenvalue weighted by molar-refractivity contribution is 5.86. The van der Waals surface area contributed by atoms with Crippen LogP contribution in [0.4, 0.5) is 4.39 Å². The smallest absolute Gasteiger partial charge is 0.333 e. The third-order valence-electron chi connectivity index (χ3n) is 1.75. The largest absolute Gasteiger partial charge is 0.490 e. The fourth-order valence-corrected chi connectivity index (χ4v) is 0.948. The topological polar surface area (TPSA) is 35.5 Å². The van der Waals surface area contributed by atoms with Crippen LogP contribution in [0.2, 0.25) is 0 Å². The first kappa shape index (κ1) is 12.2. The van der Waals surface area contributed by atoms with E-state index in [1.165, 1.54) is 24.3 Å². The standard InChI is InChI=1S/C12H13FO3/c1-9(2)12(14)16-8-7-15-11-5-3-10(13)4-6-11/h3-6H,1,7-8H2,2H3. The molecular weight excluding hydrogens is 211 g/mol. The molecule has 0 fully saturated rings. The minimum Gasteiger partial charge on any atom is -0.490 e. The quantitative estimate of drug-likeness (QED) is 0.437. The molecule has 0 heterocycles. The molecule has 1 rings (SSSR count). The number of carbonyl (C=O) groups is 1. The van der Waals surface area contributed by atoms with E-state index in [4.69, 9.17) is 9.47 Å². The van der Waals surface area contributed by atoms with Gasteiger partial charge in [-0.25, -0.2) is 9.18 Å². The molecule has 1 aromatic rings. The summed E-state index contributed by atoms with van der Waals surface area (Å²) >= 11 is 0. The first-order chi connectivity index (χ1) is 7.59. The molecule has 0 aromatic heterocycles. The Morgan fingerprint density at radius 3 is 2.50 bits per heavy atom. The molecule has 0 saturated heterocycles. The van der Waals surface area contributed by atoms with Gasteiger partial charge >= 0.3 is 5.97 Å². The third-order valence-corrected chi connectivity index (χ3v) is 1.75. The van der Waals surface area contributed by atoms with E-state index in [2.05, 4.69) is 6.58 Å². The van der Waals surface area contributed by atoms with Gasteiger partial charge in [0.15, 0.2) is 0 Å². The van der Waals surface area contributed by atoms with E-state index >= 15 is 0 Å². The van der Waals surface area contributed by atoms with Gasteiger partial charge in [-0.3, -0.25) is 0 Å². The van der Waals surface area contributed by atoms with Crippen molar-refractivity contribution in [1.82, 2.24) is 0 Å². The van der Waals surface area contributed by atoms with Gasteiger partial charge in [0.05, 0.1) is 0 Å². The highest BCUT2D eigenvalue weighted by atomic mass is 19.1. The van der Waals surface area contributed by atoms with Crippen LogP contribution >= 0.6 is 0 Å². The average Bonchev–Trinajstić information content (AvgIpc) is 2.26. The van der Waals surface area contributed by atoms with Crippen molar-refractivity contribution in [3.63, 3.8) is 0 Å². The Hall–Kier alpha value is -1.84. The molecule has 86 valence electrons. The number of hydrogen-bond acceptors (Lipinski definition) is 3. The monoisotopic (exact) mass is 224 g/mol. The molecule has 0 bridgehead atoms. The Labute approximate surface area is 93.5 Å². The van der Waals surface area contributed by atoms with Gasteiger partial charge in [-0.1, -0.05) is 6.58 Å². The second-order valence-corrected chi connectivity index (χ2v) is 3.22. The summed E-state index contributed by atoms with van der Waals surface area (Å²) in [4.78, 5) is 11.0. The average molecular weight is 224 g/mol. The van der Waals surface area contributed by atoms with E-state index in [-0.39, 0.29) is 19.0 Å². The van der Waals surface area contributed by atoms with Gasteiger partial charge in [0.2, 0.25) is 0 Å². The van der Waals surface area contributed by atoms with Crippen LogP contribution in [0.5, 0.6) is 5.75 Å². The zero-order chi connectivity index (χ0) is 12.0. The fourth-order valence-electron chi connectivity index (χ4n) is 0.948. The van der Waals surface area contributed by atoms with Crippen molar-refractivity contribution >= 4 is 5.97 Å². The van der Waals surface area contributed by atoms with Gasteiger partial charge in [0.1, 0.15) is 24.8 Å². The molecule has 3 nitrogen and oxygen atoms in total. The summed E-state index contributed by atoms with van der Waals surface area (Å²) in [6.07, 6.45) is 0. The van der Waals surface area contributed by atoms with Crippen LogP contribution in [-0.4, -0.2) is 19.2 Å². The van der Waals surface area contributed by atoms with Crippen LogP contribution in [0.15, 0.2) is 36.4 Å². The van der Waals surface area contributed by atoms with Crippen molar-refractivity contribution in [1.29, 1.82) is 0 Å². The molecule has 4 heteroatoms. The van der Waals surface area contributed by atoms with Crippen molar-refractivity contribution in [2.45, 2.75) is 6.92 Å². The number of esters is 1. The van der Waals surface area contributed by atoms with Crippen molar-refractivity contribution in [2.75, 3.05) is 13.2 Å². The number of carbonyl (C=O) groups excluding carboxylic acids is 1. The summed E-state index contributed by atoms with van der Waals surface area (Å²) in [5, 5.41) is 0. The van der Waals surface area contributed by atoms with E-state index in [1.54, 1.807) is 6.92 Å². The minimum absolute atomic E-state index is 0.142. The first-order valence-electron chi connectivity index (χ1n) is 4.80. The number of hydrogen-bond donors (Lipinski definition) is 0. The van der Waals surface area contributed by atoms with Crippen LogP contribution in [0.3, 0.4) is 0 Å². The maximum Gasteiger partial charge on any atom is 0.333 e. The Kier molecular flexibility index (Phi) is 4.51. The van der Waals surface area contributed by atoms with Crippen LogP contribution in [0.25, 0.3) is 0 Å². The SMILES string of the molecule is C=C(C)C(=O)OCCOc1ccc(F)cc1. The zero-order valence-electron chi connectivity index (χ0n) is 9.03. The number of rotatable bonds is 5. The van der Waals surface area contributed by atoms with E-state index in [0.29, 0.717) is 11.3 Å². The molecule has 0 atom stereocenters. The summed E-state index contributed by atoms with van der Waals surface area (Å²) in [5.41, 5.74) is 0.349. The van der Waals surface area contributed by atoms with Crippen LogP contribution in [0.1, 0.15) is 6.92 Å². The summed E-state index contributed by atoms with van der Waals surface area (Å²) < 4.78 is 22.6. The molecule has 16 heavy (non-hydrogen) atoms. The molecule has 0 aliphatic rings. The van der Waals surface area contributed by atoms with Crippen LogP contribution in [0, 0.1) is 5.82 Å². The lowest BCUT2D eigenvalue weighted by Crippen LogP contribution is -2.12. The third kappa shape index (κ3) is 4.13. The predicted molar refractivity (Wildman–Crippen MR) is 57.7 cm³/mol. The Morgan fingerprint density at radius 2 is 1.94 bits per heavy atom. The summed E-state index contributed by atoms with van der Waals surface area (Å²) in [6, 6.07) is 5.62. The zero-order valence-corrected chi connectivity index (χ0v) is 9.03. The van der Waals surface area contributed by atoms with Crippen LogP contribution in [-0.2, 0) is 9.53 Å². The van der Waals surface area contributed by atoms with E-state index in [0.717, 1.165) is 0 Å². The summed E-state index contributed by atoms with van der Waals surface area (Å²) in [6.45, 7) is 5.39. The lowest BCUT2D eigenvalue weighted by molar-refractivity contribution is -0.139. The maximum absolute atomic E-state index is 12.5. The molecule has 1 aromatic carbocycles. The molecule has 0 saturated carbocycles. The van der Waals surface area contributed by atoms with Crippen molar-refractivity contribution in [2.24, 2.45) is 0 Å². The minimum atomic E-state index is -0.442. The molecule has 0 aliphatic heterocycles. The number of halogens is 1. The van der Waals surface area contributed by atoms with Gasteiger partial charge in [-0.15, -0.1) is 0 Å². The Balaban J connectivity index is 2.23. The van der Waals surface area contributed by atoms with Gasteiger partial charge < -0.3 is 9.47 Å². The van der Waals surface area contributed by atoms with E-state index < -0.39 is 5.97 Å². The Morgan fingerprint density at radius 1 is 1.31 bits per heavy atom. The van der Waals surface area contributed by atoms with Crippen molar-refractivity contribution in [3.8, 4) is 5.75 Å². The van der Waals surface area contributed by atoms with Gasteiger partial charge in [-0.2, -0.15) is 0 Å². The summed E-state index contributed by atoms with van der Waals surface area (Å²) in [5.74, 6) is -0.225. The molecular formula is C12H13FO3. The molecule has 0 unspecified atom stereocenters. The lowest BCUT2D eigenvalue weighted by Gasteiger charge is -2.06. The van der Waals surface area contributed by atoms with Gasteiger partial charge in [0.25, 0.3) is 0 Å². The molecule has 0 N–H and O–H groups in total. The maximum atomic E-state index is 12.5. The summed E-state index contributed by atoms with van der Waals surface area (Å²) in [7, 11) is 0. The van der Waals surface area contributed by atoms with Crippen LogP contribution < -0.4 is 4.74 Å². The molecule has 0 radical (unpaired) electrons. The number of ether oxygens (including phenoxy) is 2. The normalized spacial score (nSPS) is 9.62. The Bertz CT molecular complexity index is 370. The second-order valence-electron chi connectivity index (χ2n) is 3.22. The van der Waals surface area contributed by atoms with Crippen molar-refractivity contribution < 1.29 is 18.7 Å². The molecule has 0 aliphatic carbocycles. The molecule has 0 amide bonds. The first-order valence-corrected chi connectivity index (χ1v) is 4.80. The highest BCUT2D eigenvalue weighted by Gasteiger charge is 2.02. The molecule has 0 spiro atoms. The number of benzene rings is 1.